The summed E-state index contributed by atoms with van der Waals surface area (Å²) in [7, 11) is 1.77. The van der Waals surface area contributed by atoms with Crippen LogP contribution in [0.3, 0.4) is 0 Å². The van der Waals surface area contributed by atoms with Crippen LogP contribution in [0.15, 0.2) is 0 Å². The second-order valence-corrected chi connectivity index (χ2v) is 4.22. The van der Waals surface area contributed by atoms with Crippen LogP contribution in [0.1, 0.15) is 19.8 Å². The molecule has 1 atom stereocenters. The lowest BCUT2D eigenvalue weighted by atomic mass is 9.85. The molecule has 1 aliphatic heterocycles. The van der Waals surface area contributed by atoms with Crippen molar-refractivity contribution in [1.29, 1.82) is 0 Å². The average molecular weight is 200 g/mol. The Bertz CT molecular complexity index is 144. The fraction of sp³-hybridized carbons (Fsp3) is 1.00. The highest BCUT2D eigenvalue weighted by Gasteiger charge is 2.24. The van der Waals surface area contributed by atoms with Crippen molar-refractivity contribution in [3.8, 4) is 0 Å². The third-order valence-electron chi connectivity index (χ3n) is 3.43. The molecule has 1 saturated heterocycles. The Hall–Kier alpha value is -0.120. The molecule has 0 aliphatic carbocycles. The predicted molar refractivity (Wildman–Crippen MR) is 59.3 cm³/mol. The minimum atomic E-state index is 0.569. The largest absolute Gasteiger partial charge is 0.384 e. The lowest BCUT2D eigenvalue weighted by molar-refractivity contribution is 0.0871. The van der Waals surface area contributed by atoms with E-state index in [1.165, 1.54) is 32.5 Å². The van der Waals surface area contributed by atoms with E-state index in [0.717, 1.165) is 19.1 Å². The van der Waals surface area contributed by atoms with Crippen LogP contribution in [-0.2, 0) is 4.74 Å². The number of ether oxygens (including phenoxy) is 1. The van der Waals surface area contributed by atoms with E-state index in [0.29, 0.717) is 5.92 Å². The first-order valence-corrected chi connectivity index (χ1v) is 5.73. The first-order chi connectivity index (χ1) is 6.81. The molecule has 84 valence electrons. The Labute approximate surface area is 87.6 Å². The van der Waals surface area contributed by atoms with Gasteiger partial charge in [0.05, 0.1) is 6.61 Å². The lowest BCUT2D eigenvalue weighted by Gasteiger charge is -2.34. The van der Waals surface area contributed by atoms with Gasteiger partial charge in [0, 0.05) is 7.11 Å². The minimum absolute atomic E-state index is 0.569. The van der Waals surface area contributed by atoms with Crippen LogP contribution in [0.4, 0.5) is 0 Å². The van der Waals surface area contributed by atoms with E-state index in [1.54, 1.807) is 7.11 Å². The van der Waals surface area contributed by atoms with Crippen LogP contribution in [0.2, 0.25) is 0 Å². The van der Waals surface area contributed by atoms with Gasteiger partial charge >= 0.3 is 0 Å². The molecule has 0 aromatic rings. The molecule has 0 spiro atoms. The van der Waals surface area contributed by atoms with E-state index < -0.39 is 0 Å². The number of methoxy groups -OCH3 is 1. The lowest BCUT2D eigenvalue weighted by Crippen LogP contribution is -2.38. The second kappa shape index (κ2) is 6.38. The maximum Gasteiger partial charge on any atom is 0.0505 e. The van der Waals surface area contributed by atoms with Gasteiger partial charge in [0.1, 0.15) is 0 Å². The van der Waals surface area contributed by atoms with Crippen LogP contribution in [0, 0.1) is 11.8 Å². The smallest absolute Gasteiger partial charge is 0.0505 e. The maximum absolute atomic E-state index is 5.76. The topological polar surface area (TPSA) is 38.5 Å². The second-order valence-electron chi connectivity index (χ2n) is 4.22. The Morgan fingerprint density at radius 2 is 2.07 bits per heavy atom. The molecule has 0 amide bonds. The van der Waals surface area contributed by atoms with Gasteiger partial charge in [-0.05, 0) is 50.9 Å². The van der Waals surface area contributed by atoms with Crippen molar-refractivity contribution in [2.24, 2.45) is 17.6 Å². The van der Waals surface area contributed by atoms with Crippen molar-refractivity contribution in [2.75, 3.05) is 39.9 Å². The Morgan fingerprint density at radius 3 is 2.50 bits per heavy atom. The summed E-state index contributed by atoms with van der Waals surface area (Å²) in [5, 5.41) is 0. The van der Waals surface area contributed by atoms with E-state index in [2.05, 4.69) is 11.8 Å². The number of nitrogens with two attached hydrogens (primary N) is 1. The SMILES string of the molecule is CCN1CCC(C(CN)COC)CC1. The van der Waals surface area contributed by atoms with Crippen molar-refractivity contribution in [3.63, 3.8) is 0 Å². The first kappa shape index (κ1) is 12.0. The molecule has 14 heavy (non-hydrogen) atoms. The van der Waals surface area contributed by atoms with Gasteiger partial charge < -0.3 is 15.4 Å². The number of hydrogen-bond acceptors (Lipinski definition) is 3. The zero-order chi connectivity index (χ0) is 10.4. The maximum atomic E-state index is 5.76. The molecule has 1 rings (SSSR count). The Kier molecular flexibility index (Phi) is 5.45. The van der Waals surface area contributed by atoms with Crippen molar-refractivity contribution in [3.05, 3.63) is 0 Å². The molecule has 3 heteroatoms. The van der Waals surface area contributed by atoms with Crippen LogP contribution in [0.25, 0.3) is 0 Å². The highest BCUT2D eigenvalue weighted by Crippen LogP contribution is 2.24. The summed E-state index contributed by atoms with van der Waals surface area (Å²) in [4.78, 5) is 2.51. The molecule has 1 unspecified atom stereocenters. The molecular weight excluding hydrogens is 176 g/mol. The normalized spacial score (nSPS) is 22.5. The number of nitrogens with zero attached hydrogens (tertiary/aromatic N) is 1. The molecule has 0 radical (unpaired) electrons. The molecule has 0 aromatic heterocycles. The Balaban J connectivity index is 2.31. The third kappa shape index (κ3) is 3.23. The van der Waals surface area contributed by atoms with Gasteiger partial charge in [-0.1, -0.05) is 6.92 Å². The van der Waals surface area contributed by atoms with E-state index in [4.69, 9.17) is 10.5 Å². The summed E-state index contributed by atoms with van der Waals surface area (Å²) in [6.07, 6.45) is 2.58. The molecule has 1 aliphatic rings. The molecule has 3 nitrogen and oxygen atoms in total. The number of likely N-dealkylation sites (tertiary alicyclic amines) is 1. The molecule has 2 N–H and O–H groups in total. The fourth-order valence-electron chi connectivity index (χ4n) is 2.35. The molecule has 0 aromatic carbocycles. The van der Waals surface area contributed by atoms with Gasteiger partial charge in [0.25, 0.3) is 0 Å². The van der Waals surface area contributed by atoms with Gasteiger partial charge in [-0.15, -0.1) is 0 Å². The molecule has 1 heterocycles. The van der Waals surface area contributed by atoms with E-state index in [9.17, 15) is 0 Å². The standard InChI is InChI=1S/C11H24N2O/c1-3-13-6-4-10(5-7-13)11(8-12)9-14-2/h10-11H,3-9,12H2,1-2H3. The average Bonchev–Trinajstić information content (AvgIpc) is 2.26. The molecule has 0 bridgehead atoms. The highest BCUT2D eigenvalue weighted by molar-refractivity contribution is 4.77. The number of hydrogen-bond donors (Lipinski definition) is 1. The zero-order valence-electron chi connectivity index (χ0n) is 9.54. The molecular formula is C11H24N2O. The minimum Gasteiger partial charge on any atom is -0.384 e. The van der Waals surface area contributed by atoms with Gasteiger partial charge in [0.2, 0.25) is 0 Å². The third-order valence-corrected chi connectivity index (χ3v) is 3.43. The first-order valence-electron chi connectivity index (χ1n) is 5.73. The highest BCUT2D eigenvalue weighted by atomic mass is 16.5. The van der Waals surface area contributed by atoms with Gasteiger partial charge in [-0.3, -0.25) is 0 Å². The summed E-state index contributed by atoms with van der Waals surface area (Å²) in [5.41, 5.74) is 5.76. The van der Waals surface area contributed by atoms with Crippen molar-refractivity contribution in [2.45, 2.75) is 19.8 Å². The zero-order valence-corrected chi connectivity index (χ0v) is 9.54. The quantitative estimate of drug-likeness (QED) is 0.718. The Morgan fingerprint density at radius 1 is 1.43 bits per heavy atom. The summed E-state index contributed by atoms with van der Waals surface area (Å²) in [6, 6.07) is 0. The predicted octanol–water partition coefficient (Wildman–Crippen LogP) is 0.940. The summed E-state index contributed by atoms with van der Waals surface area (Å²) in [6.45, 7) is 7.49. The van der Waals surface area contributed by atoms with Gasteiger partial charge in [0.15, 0.2) is 0 Å². The van der Waals surface area contributed by atoms with Gasteiger partial charge in [-0.2, -0.15) is 0 Å². The van der Waals surface area contributed by atoms with Crippen LogP contribution in [0.5, 0.6) is 0 Å². The van der Waals surface area contributed by atoms with Crippen LogP contribution < -0.4 is 5.73 Å². The van der Waals surface area contributed by atoms with Gasteiger partial charge in [-0.25, -0.2) is 0 Å². The van der Waals surface area contributed by atoms with E-state index >= 15 is 0 Å². The van der Waals surface area contributed by atoms with Crippen molar-refractivity contribution < 1.29 is 4.74 Å². The van der Waals surface area contributed by atoms with Crippen LogP contribution in [-0.4, -0.2) is 44.8 Å². The van der Waals surface area contributed by atoms with Crippen molar-refractivity contribution in [1.82, 2.24) is 4.90 Å². The molecule has 0 saturated carbocycles. The van der Waals surface area contributed by atoms with E-state index in [1.807, 2.05) is 0 Å². The summed E-state index contributed by atoms with van der Waals surface area (Å²) < 4.78 is 5.21. The van der Waals surface area contributed by atoms with E-state index in [-0.39, 0.29) is 0 Å². The molecule has 1 fully saturated rings. The fourth-order valence-corrected chi connectivity index (χ4v) is 2.35. The monoisotopic (exact) mass is 200 g/mol. The number of piperidine rings is 1. The summed E-state index contributed by atoms with van der Waals surface area (Å²) in [5.74, 6) is 1.35. The van der Waals surface area contributed by atoms with Crippen LogP contribution >= 0.6 is 0 Å². The summed E-state index contributed by atoms with van der Waals surface area (Å²) >= 11 is 0. The van der Waals surface area contributed by atoms with Crippen molar-refractivity contribution >= 4 is 0 Å². The number of rotatable bonds is 5.